The van der Waals surface area contributed by atoms with Gasteiger partial charge in [0, 0.05) is 62.4 Å². The van der Waals surface area contributed by atoms with Gasteiger partial charge in [0.05, 0.1) is 31.4 Å². The zero-order valence-electron chi connectivity index (χ0n) is 16.6. The number of amides is 1. The Morgan fingerprint density at radius 2 is 2.20 bits per heavy atom. The number of carbonyl (C=O) groups is 1. The summed E-state index contributed by atoms with van der Waals surface area (Å²) in [6.45, 7) is 4.50. The Kier molecular flexibility index (Phi) is 5.06. The van der Waals surface area contributed by atoms with Gasteiger partial charge in [-0.05, 0) is 18.2 Å². The van der Waals surface area contributed by atoms with E-state index in [4.69, 9.17) is 9.15 Å². The number of rotatable bonds is 7. The second-order valence-corrected chi connectivity index (χ2v) is 7.96. The highest BCUT2D eigenvalue weighted by Gasteiger charge is 2.55. The van der Waals surface area contributed by atoms with Gasteiger partial charge in [-0.3, -0.25) is 14.4 Å². The summed E-state index contributed by atoms with van der Waals surface area (Å²) in [5.41, 5.74) is 0.527. The molecule has 5 rings (SSSR count). The monoisotopic (exact) mass is 408 g/mol. The number of aromatic nitrogens is 4. The molecule has 0 aliphatic carbocycles. The normalized spacial score (nSPS) is 23.5. The lowest BCUT2D eigenvalue weighted by Crippen LogP contribution is -2.47. The molecule has 5 heterocycles. The number of furan rings is 1. The van der Waals surface area contributed by atoms with E-state index in [1.807, 2.05) is 41.5 Å². The molecule has 3 aromatic heterocycles. The first-order valence-electron chi connectivity index (χ1n) is 10.1. The topological polar surface area (TPSA) is 98.3 Å². The highest BCUT2D eigenvalue weighted by molar-refractivity contribution is 5.84. The standard InChI is InChI=1S/C21H24N6O3/c28-20(22-5-7-27-6-2-4-25-27)21-14-26(12-17(21)13-29-15-21)11-16-9-23-19(24-10-16)18-3-1-8-30-18/h1-4,6,8-10,17H,5,7,11-15H2,(H,22,28)/t17-,21-/m0/s1. The fourth-order valence-electron chi connectivity index (χ4n) is 4.40. The molecule has 2 atom stereocenters. The van der Waals surface area contributed by atoms with Gasteiger partial charge in [-0.25, -0.2) is 9.97 Å². The molecule has 1 amide bonds. The number of fused-ring (bicyclic) bond motifs is 1. The number of ether oxygens (including phenoxy) is 1. The number of hydrogen-bond donors (Lipinski definition) is 1. The van der Waals surface area contributed by atoms with Gasteiger partial charge < -0.3 is 14.5 Å². The Labute approximate surface area is 174 Å². The number of nitrogens with one attached hydrogen (secondary N) is 1. The third-order valence-corrected chi connectivity index (χ3v) is 5.94. The summed E-state index contributed by atoms with van der Waals surface area (Å²) < 4.78 is 12.9. The van der Waals surface area contributed by atoms with Crippen LogP contribution in [0, 0.1) is 11.3 Å². The van der Waals surface area contributed by atoms with Crippen molar-refractivity contribution in [1.82, 2.24) is 30.0 Å². The molecule has 0 spiro atoms. The van der Waals surface area contributed by atoms with E-state index in [2.05, 4.69) is 25.3 Å². The molecular formula is C21H24N6O3. The molecule has 30 heavy (non-hydrogen) atoms. The first-order valence-corrected chi connectivity index (χ1v) is 10.1. The van der Waals surface area contributed by atoms with Crippen molar-refractivity contribution < 1.29 is 13.9 Å². The molecule has 1 N–H and O–H groups in total. The molecule has 2 aliphatic heterocycles. The van der Waals surface area contributed by atoms with Crippen molar-refractivity contribution in [3.63, 3.8) is 0 Å². The quantitative estimate of drug-likeness (QED) is 0.627. The molecule has 0 aromatic carbocycles. The molecule has 156 valence electrons. The molecule has 9 nitrogen and oxygen atoms in total. The van der Waals surface area contributed by atoms with E-state index in [1.54, 1.807) is 12.5 Å². The number of hydrogen-bond acceptors (Lipinski definition) is 7. The van der Waals surface area contributed by atoms with Gasteiger partial charge in [0.25, 0.3) is 0 Å². The lowest BCUT2D eigenvalue weighted by molar-refractivity contribution is -0.131. The van der Waals surface area contributed by atoms with Crippen molar-refractivity contribution >= 4 is 5.91 Å². The van der Waals surface area contributed by atoms with Crippen molar-refractivity contribution in [2.45, 2.75) is 13.1 Å². The highest BCUT2D eigenvalue weighted by Crippen LogP contribution is 2.42. The predicted molar refractivity (Wildman–Crippen MR) is 107 cm³/mol. The second kappa shape index (κ2) is 8.00. The summed E-state index contributed by atoms with van der Waals surface area (Å²) in [7, 11) is 0. The minimum Gasteiger partial charge on any atom is -0.461 e. The summed E-state index contributed by atoms with van der Waals surface area (Å²) in [4.78, 5) is 24.2. The van der Waals surface area contributed by atoms with Crippen LogP contribution in [-0.2, 0) is 22.6 Å². The molecule has 0 unspecified atom stereocenters. The molecule has 0 saturated carbocycles. The molecule has 2 fully saturated rings. The third-order valence-electron chi connectivity index (χ3n) is 5.94. The fraction of sp³-hybridized carbons (Fsp3) is 0.429. The molecule has 0 radical (unpaired) electrons. The maximum atomic E-state index is 13.1. The predicted octanol–water partition coefficient (Wildman–Crippen LogP) is 1.20. The van der Waals surface area contributed by atoms with Crippen LogP contribution in [0.1, 0.15) is 5.56 Å². The zero-order valence-corrected chi connectivity index (χ0v) is 16.6. The smallest absolute Gasteiger partial charge is 0.230 e. The van der Waals surface area contributed by atoms with Crippen LogP contribution in [0.3, 0.4) is 0 Å². The minimum absolute atomic E-state index is 0.0732. The average Bonchev–Trinajstić information content (AvgIpc) is 3.53. The summed E-state index contributed by atoms with van der Waals surface area (Å²) in [6.07, 6.45) is 8.89. The SMILES string of the molecule is O=C(NCCn1cccn1)[C@@]12COC[C@@H]1CN(Cc1cnc(-c3ccco3)nc1)C2. The number of likely N-dealkylation sites (tertiary alicyclic amines) is 1. The maximum Gasteiger partial charge on any atom is 0.230 e. The molecule has 2 saturated heterocycles. The molecule has 2 aliphatic rings. The van der Waals surface area contributed by atoms with E-state index in [9.17, 15) is 4.79 Å². The summed E-state index contributed by atoms with van der Waals surface area (Å²) in [6, 6.07) is 5.53. The van der Waals surface area contributed by atoms with Crippen LogP contribution < -0.4 is 5.32 Å². The van der Waals surface area contributed by atoms with Crippen molar-refractivity contribution in [2.75, 3.05) is 32.8 Å². The summed E-state index contributed by atoms with van der Waals surface area (Å²) in [5.74, 6) is 1.50. The Bertz CT molecular complexity index is 973. The lowest BCUT2D eigenvalue weighted by Gasteiger charge is -2.26. The van der Waals surface area contributed by atoms with Crippen LogP contribution in [-0.4, -0.2) is 63.4 Å². The average molecular weight is 408 g/mol. The van der Waals surface area contributed by atoms with Crippen LogP contribution in [0.2, 0.25) is 0 Å². The van der Waals surface area contributed by atoms with Crippen LogP contribution in [0.4, 0.5) is 0 Å². The van der Waals surface area contributed by atoms with Crippen LogP contribution in [0.15, 0.2) is 53.7 Å². The van der Waals surface area contributed by atoms with Crippen molar-refractivity contribution in [1.29, 1.82) is 0 Å². The Morgan fingerprint density at radius 3 is 2.97 bits per heavy atom. The first-order chi connectivity index (χ1) is 14.7. The summed E-state index contributed by atoms with van der Waals surface area (Å²) >= 11 is 0. The van der Waals surface area contributed by atoms with Gasteiger partial charge in [-0.15, -0.1) is 0 Å². The molecule has 3 aromatic rings. The van der Waals surface area contributed by atoms with Gasteiger partial charge in [0.1, 0.15) is 0 Å². The van der Waals surface area contributed by atoms with Crippen molar-refractivity contribution in [3.05, 3.63) is 54.8 Å². The molecular weight excluding hydrogens is 384 g/mol. The largest absolute Gasteiger partial charge is 0.461 e. The number of nitrogens with zero attached hydrogens (tertiary/aromatic N) is 5. The second-order valence-electron chi connectivity index (χ2n) is 7.96. The van der Waals surface area contributed by atoms with Gasteiger partial charge in [0.15, 0.2) is 11.6 Å². The van der Waals surface area contributed by atoms with Gasteiger partial charge in [-0.2, -0.15) is 5.10 Å². The highest BCUT2D eigenvalue weighted by atomic mass is 16.5. The first kappa shape index (κ1) is 19.0. The maximum absolute atomic E-state index is 13.1. The van der Waals surface area contributed by atoms with E-state index < -0.39 is 5.41 Å². The van der Waals surface area contributed by atoms with E-state index in [0.717, 1.165) is 12.1 Å². The third kappa shape index (κ3) is 3.61. The summed E-state index contributed by atoms with van der Waals surface area (Å²) in [5, 5.41) is 7.26. The lowest BCUT2D eigenvalue weighted by atomic mass is 9.80. The molecule has 9 heteroatoms. The minimum atomic E-state index is -0.487. The van der Waals surface area contributed by atoms with E-state index in [1.165, 1.54) is 0 Å². The van der Waals surface area contributed by atoms with Crippen molar-refractivity contribution in [3.8, 4) is 11.6 Å². The number of carbonyl (C=O) groups excluding carboxylic acids is 1. The van der Waals surface area contributed by atoms with Crippen LogP contribution >= 0.6 is 0 Å². The Morgan fingerprint density at radius 1 is 1.30 bits per heavy atom. The van der Waals surface area contributed by atoms with Gasteiger partial charge >= 0.3 is 0 Å². The zero-order chi connectivity index (χ0) is 20.4. The van der Waals surface area contributed by atoms with Crippen LogP contribution in [0.5, 0.6) is 0 Å². The van der Waals surface area contributed by atoms with Gasteiger partial charge in [0.2, 0.25) is 5.91 Å². The molecule has 0 bridgehead atoms. The van der Waals surface area contributed by atoms with E-state index in [-0.39, 0.29) is 11.8 Å². The van der Waals surface area contributed by atoms with Crippen LogP contribution in [0.25, 0.3) is 11.6 Å². The van der Waals surface area contributed by atoms with E-state index >= 15 is 0 Å². The van der Waals surface area contributed by atoms with Crippen molar-refractivity contribution in [2.24, 2.45) is 11.3 Å². The fourth-order valence-corrected chi connectivity index (χ4v) is 4.40. The van der Waals surface area contributed by atoms with Gasteiger partial charge in [-0.1, -0.05) is 0 Å². The Balaban J connectivity index is 1.20. The van der Waals surface area contributed by atoms with E-state index in [0.29, 0.717) is 51.0 Å². The Hall–Kier alpha value is -3.04.